The van der Waals surface area contributed by atoms with E-state index in [9.17, 15) is 9.59 Å². The average molecular weight is 307 g/mol. The number of carboxylic acid groups (broad SMARTS) is 1. The summed E-state index contributed by atoms with van der Waals surface area (Å²) in [7, 11) is 0. The highest BCUT2D eigenvalue weighted by atomic mass is 35.5. The van der Waals surface area contributed by atoms with E-state index >= 15 is 0 Å². The van der Waals surface area contributed by atoms with Crippen LogP contribution < -0.4 is 10.6 Å². The van der Waals surface area contributed by atoms with Crippen LogP contribution in [-0.2, 0) is 6.54 Å². The fourth-order valence-corrected chi connectivity index (χ4v) is 1.68. The second kappa shape index (κ2) is 6.67. The van der Waals surface area contributed by atoms with Gasteiger partial charge in [0.25, 0.3) is 5.91 Å². The van der Waals surface area contributed by atoms with Crippen LogP contribution in [-0.4, -0.2) is 27.1 Å². The number of aromatic nitrogens is 2. The molecule has 0 aliphatic heterocycles. The third-order valence-electron chi connectivity index (χ3n) is 2.52. The normalized spacial score (nSPS) is 9.95. The zero-order chi connectivity index (χ0) is 15.2. The molecule has 0 saturated carbocycles. The highest BCUT2D eigenvalue weighted by molar-refractivity contribution is 6.29. The SMILES string of the molecule is O=C(O)NCc1ccc(NC(=O)c2cc(Cl)ncn2)cc1. The number of carbonyl (C=O) groups is 2. The lowest BCUT2D eigenvalue weighted by molar-refractivity contribution is 0.102. The van der Waals surface area contributed by atoms with Gasteiger partial charge in [0.15, 0.2) is 0 Å². The van der Waals surface area contributed by atoms with Crippen molar-refractivity contribution in [2.45, 2.75) is 6.54 Å². The first-order valence-corrected chi connectivity index (χ1v) is 6.27. The average Bonchev–Trinajstić information content (AvgIpc) is 2.46. The number of rotatable bonds is 4. The van der Waals surface area contributed by atoms with E-state index in [0.29, 0.717) is 5.69 Å². The first-order chi connectivity index (χ1) is 10.0. The predicted octanol–water partition coefficient (Wildman–Crippen LogP) is 2.15. The fraction of sp³-hybridized carbons (Fsp3) is 0.0769. The number of anilines is 1. The molecule has 3 N–H and O–H groups in total. The number of halogens is 1. The summed E-state index contributed by atoms with van der Waals surface area (Å²) >= 11 is 5.69. The zero-order valence-electron chi connectivity index (χ0n) is 10.7. The van der Waals surface area contributed by atoms with Crippen LogP contribution in [0.1, 0.15) is 16.1 Å². The van der Waals surface area contributed by atoms with Crippen molar-refractivity contribution in [3.8, 4) is 0 Å². The summed E-state index contributed by atoms with van der Waals surface area (Å²) in [6.45, 7) is 0.199. The van der Waals surface area contributed by atoms with Gasteiger partial charge in [-0.05, 0) is 17.7 Å². The maximum Gasteiger partial charge on any atom is 0.404 e. The molecular formula is C13H11ClN4O3. The topological polar surface area (TPSA) is 104 Å². The Hall–Kier alpha value is -2.67. The molecule has 2 rings (SSSR count). The molecule has 0 saturated heterocycles. The molecule has 108 valence electrons. The number of carbonyl (C=O) groups excluding carboxylic acids is 1. The van der Waals surface area contributed by atoms with E-state index in [1.54, 1.807) is 24.3 Å². The van der Waals surface area contributed by atoms with Gasteiger partial charge in [-0.1, -0.05) is 23.7 Å². The monoisotopic (exact) mass is 306 g/mol. The lowest BCUT2D eigenvalue weighted by Gasteiger charge is -2.06. The first-order valence-electron chi connectivity index (χ1n) is 5.89. The maximum atomic E-state index is 11.9. The molecular weight excluding hydrogens is 296 g/mol. The predicted molar refractivity (Wildman–Crippen MR) is 76.3 cm³/mol. The fourth-order valence-electron chi connectivity index (χ4n) is 1.54. The molecule has 2 aromatic rings. The minimum Gasteiger partial charge on any atom is -0.465 e. The number of nitrogens with one attached hydrogen (secondary N) is 2. The van der Waals surface area contributed by atoms with Crippen molar-refractivity contribution in [3.63, 3.8) is 0 Å². The van der Waals surface area contributed by atoms with E-state index in [-0.39, 0.29) is 17.4 Å². The summed E-state index contributed by atoms with van der Waals surface area (Å²) in [5.74, 6) is -0.407. The molecule has 1 aromatic heterocycles. The van der Waals surface area contributed by atoms with Crippen molar-refractivity contribution < 1.29 is 14.7 Å². The number of benzene rings is 1. The van der Waals surface area contributed by atoms with Gasteiger partial charge in [-0.25, -0.2) is 14.8 Å². The number of hydrogen-bond acceptors (Lipinski definition) is 4. The number of hydrogen-bond donors (Lipinski definition) is 3. The second-order valence-corrected chi connectivity index (χ2v) is 4.42. The Morgan fingerprint density at radius 1 is 1.19 bits per heavy atom. The Morgan fingerprint density at radius 2 is 1.90 bits per heavy atom. The molecule has 7 nitrogen and oxygen atoms in total. The summed E-state index contributed by atoms with van der Waals surface area (Å²) in [5, 5.41) is 13.6. The van der Waals surface area contributed by atoms with Crippen molar-refractivity contribution in [2.75, 3.05) is 5.32 Å². The van der Waals surface area contributed by atoms with Gasteiger partial charge in [-0.3, -0.25) is 4.79 Å². The van der Waals surface area contributed by atoms with Crippen LogP contribution in [0, 0.1) is 0 Å². The molecule has 2 amide bonds. The quantitative estimate of drug-likeness (QED) is 0.751. The highest BCUT2D eigenvalue weighted by Crippen LogP contribution is 2.12. The Kier molecular flexibility index (Phi) is 4.68. The zero-order valence-corrected chi connectivity index (χ0v) is 11.5. The van der Waals surface area contributed by atoms with Crippen LogP contribution in [0.5, 0.6) is 0 Å². The second-order valence-electron chi connectivity index (χ2n) is 4.04. The van der Waals surface area contributed by atoms with Crippen LogP contribution in [0.15, 0.2) is 36.7 Å². The van der Waals surface area contributed by atoms with E-state index in [4.69, 9.17) is 16.7 Å². The van der Waals surface area contributed by atoms with E-state index < -0.39 is 12.0 Å². The van der Waals surface area contributed by atoms with Gasteiger partial charge in [-0.15, -0.1) is 0 Å². The Balaban J connectivity index is 2.00. The van der Waals surface area contributed by atoms with E-state index in [1.807, 2.05) is 0 Å². The largest absolute Gasteiger partial charge is 0.465 e. The van der Waals surface area contributed by atoms with Crippen LogP contribution in [0.2, 0.25) is 5.15 Å². The molecule has 21 heavy (non-hydrogen) atoms. The first kappa shape index (κ1) is 14.7. The lowest BCUT2D eigenvalue weighted by Crippen LogP contribution is -2.19. The third kappa shape index (κ3) is 4.43. The lowest BCUT2D eigenvalue weighted by atomic mass is 10.2. The van der Waals surface area contributed by atoms with Gasteiger partial charge < -0.3 is 15.7 Å². The van der Waals surface area contributed by atoms with Gasteiger partial charge in [0.05, 0.1) is 0 Å². The Labute approximate surface area is 125 Å². The minimum absolute atomic E-state index is 0.159. The van der Waals surface area contributed by atoms with E-state index in [2.05, 4.69) is 20.6 Å². The van der Waals surface area contributed by atoms with Crippen molar-refractivity contribution in [3.05, 3.63) is 53.1 Å². The standard InChI is InChI=1S/C13H11ClN4O3/c14-11-5-10(16-7-17-11)12(19)18-9-3-1-8(2-4-9)6-15-13(20)21/h1-5,7,15H,6H2,(H,18,19)(H,20,21). The third-order valence-corrected chi connectivity index (χ3v) is 2.73. The molecule has 0 spiro atoms. The molecule has 0 radical (unpaired) electrons. The van der Waals surface area contributed by atoms with Gasteiger partial charge in [-0.2, -0.15) is 0 Å². The molecule has 0 aliphatic carbocycles. The van der Waals surface area contributed by atoms with Crippen molar-refractivity contribution in [1.29, 1.82) is 0 Å². The van der Waals surface area contributed by atoms with Gasteiger partial charge in [0.1, 0.15) is 17.2 Å². The highest BCUT2D eigenvalue weighted by Gasteiger charge is 2.08. The maximum absolute atomic E-state index is 11.9. The van der Waals surface area contributed by atoms with Crippen molar-refractivity contribution in [1.82, 2.24) is 15.3 Å². The number of amides is 2. The molecule has 8 heteroatoms. The van der Waals surface area contributed by atoms with Crippen LogP contribution in [0.25, 0.3) is 0 Å². The van der Waals surface area contributed by atoms with Crippen molar-refractivity contribution in [2.24, 2.45) is 0 Å². The molecule has 0 aliphatic rings. The van der Waals surface area contributed by atoms with E-state index in [0.717, 1.165) is 5.56 Å². The van der Waals surface area contributed by atoms with Gasteiger partial charge in [0, 0.05) is 18.3 Å². The summed E-state index contributed by atoms with van der Waals surface area (Å²) in [5.41, 5.74) is 1.50. The molecule has 1 heterocycles. The molecule has 0 bridgehead atoms. The molecule has 0 fully saturated rings. The summed E-state index contributed by atoms with van der Waals surface area (Å²) < 4.78 is 0. The number of nitrogens with zero attached hydrogens (tertiary/aromatic N) is 2. The van der Waals surface area contributed by atoms with Gasteiger partial charge >= 0.3 is 6.09 Å². The van der Waals surface area contributed by atoms with Crippen LogP contribution >= 0.6 is 11.6 Å². The Morgan fingerprint density at radius 3 is 2.52 bits per heavy atom. The molecule has 0 atom stereocenters. The summed E-state index contributed by atoms with van der Waals surface area (Å²) in [6.07, 6.45) is 0.116. The van der Waals surface area contributed by atoms with Crippen LogP contribution in [0.3, 0.4) is 0 Å². The van der Waals surface area contributed by atoms with Crippen molar-refractivity contribution >= 4 is 29.3 Å². The summed E-state index contributed by atoms with van der Waals surface area (Å²) in [6, 6.07) is 8.11. The molecule has 0 unspecified atom stereocenters. The summed E-state index contributed by atoms with van der Waals surface area (Å²) in [4.78, 5) is 29.8. The van der Waals surface area contributed by atoms with Crippen LogP contribution in [0.4, 0.5) is 10.5 Å². The van der Waals surface area contributed by atoms with Gasteiger partial charge in [0.2, 0.25) is 0 Å². The Bertz CT molecular complexity index is 661. The smallest absolute Gasteiger partial charge is 0.404 e. The minimum atomic E-state index is -1.09. The van der Waals surface area contributed by atoms with E-state index in [1.165, 1.54) is 12.4 Å². The molecule has 1 aromatic carbocycles.